The maximum atomic E-state index is 13.5. The molecule has 38 heavy (non-hydrogen) atoms. The van der Waals surface area contributed by atoms with Crippen molar-refractivity contribution in [3.8, 4) is 5.75 Å². The van der Waals surface area contributed by atoms with Gasteiger partial charge in [0.05, 0.1) is 11.2 Å². The van der Waals surface area contributed by atoms with Crippen molar-refractivity contribution in [3.05, 3.63) is 83.3 Å². The highest BCUT2D eigenvalue weighted by atomic mass is 35.5. The molecule has 0 spiro atoms. The first kappa shape index (κ1) is 27.2. The Hall–Kier alpha value is -3.83. The number of hydrogen-bond donors (Lipinski definition) is 1. The van der Waals surface area contributed by atoms with Gasteiger partial charge in [-0.3, -0.25) is 14.4 Å². The van der Waals surface area contributed by atoms with Crippen molar-refractivity contribution in [2.45, 2.75) is 17.2 Å². The molecule has 1 N–H and O–H groups in total. The number of furan rings is 1. The smallest absolute Gasteiger partial charge is 0.288 e. The Morgan fingerprint density at radius 2 is 1.68 bits per heavy atom. The van der Waals surface area contributed by atoms with Crippen molar-refractivity contribution in [2.24, 2.45) is 0 Å². The number of hydrogen-bond acceptors (Lipinski definition) is 7. The Kier molecular flexibility index (Phi) is 8.38. The zero-order valence-electron chi connectivity index (χ0n) is 20.5. The molecule has 1 fully saturated rings. The first-order chi connectivity index (χ1) is 18.1. The summed E-state index contributed by atoms with van der Waals surface area (Å²) in [5, 5.41) is 0.711. The van der Waals surface area contributed by atoms with Crippen molar-refractivity contribution >= 4 is 39.2 Å². The molecule has 4 rings (SSSR count). The SMILES string of the molecule is Cc1cccc(OCC(=O)N2CCN(C(=O)C(NC(=O)c3ccco3)S(=O)(=O)c3ccc(Cl)cc3)CC2)c1. The van der Waals surface area contributed by atoms with Gasteiger partial charge in [0, 0.05) is 31.2 Å². The molecule has 10 nitrogen and oxygen atoms in total. The predicted octanol–water partition coefficient (Wildman–Crippen LogP) is 2.52. The molecule has 1 unspecified atom stereocenters. The highest BCUT2D eigenvalue weighted by Gasteiger charge is 2.40. The lowest BCUT2D eigenvalue weighted by atomic mass is 10.2. The van der Waals surface area contributed by atoms with Gasteiger partial charge in [-0.05, 0) is 61.0 Å². The standard InChI is InChI=1S/C26H26ClN3O7S/c1-18-4-2-5-20(16-18)37-17-23(31)29-11-13-30(14-12-29)26(33)25(28-24(32)22-6-3-15-36-22)38(34,35)21-9-7-19(27)8-10-21/h2-10,15-16,25H,11-14,17H2,1H3,(H,28,32). The van der Waals surface area contributed by atoms with Gasteiger partial charge in [0.1, 0.15) is 5.75 Å². The van der Waals surface area contributed by atoms with Crippen LogP contribution < -0.4 is 10.1 Å². The van der Waals surface area contributed by atoms with Gasteiger partial charge in [0.2, 0.25) is 15.2 Å². The van der Waals surface area contributed by atoms with E-state index in [1.807, 2.05) is 25.1 Å². The molecular formula is C26H26ClN3O7S. The monoisotopic (exact) mass is 559 g/mol. The summed E-state index contributed by atoms with van der Waals surface area (Å²) in [7, 11) is -4.35. The summed E-state index contributed by atoms with van der Waals surface area (Å²) in [5.41, 5.74) is 1.00. The Morgan fingerprint density at radius 3 is 2.32 bits per heavy atom. The minimum atomic E-state index is -4.35. The van der Waals surface area contributed by atoms with Crippen LogP contribution >= 0.6 is 11.6 Å². The van der Waals surface area contributed by atoms with Gasteiger partial charge in [-0.1, -0.05) is 23.7 Å². The number of nitrogens with zero attached hydrogens (tertiary/aromatic N) is 2. The van der Waals surface area contributed by atoms with Crippen molar-refractivity contribution in [1.29, 1.82) is 0 Å². The van der Waals surface area contributed by atoms with Gasteiger partial charge in [0.15, 0.2) is 12.4 Å². The number of aryl methyl sites for hydroxylation is 1. The summed E-state index contributed by atoms with van der Waals surface area (Å²) in [6.45, 7) is 2.28. The number of rotatable bonds is 8. The number of piperazine rings is 1. The number of nitrogens with one attached hydrogen (secondary N) is 1. The Labute approximate surface area is 225 Å². The molecule has 3 amide bonds. The molecule has 0 aliphatic carbocycles. The Balaban J connectivity index is 1.44. The second-order valence-electron chi connectivity index (χ2n) is 8.64. The van der Waals surface area contributed by atoms with Crippen LogP contribution in [0.15, 0.2) is 76.2 Å². The Morgan fingerprint density at radius 1 is 1.00 bits per heavy atom. The molecule has 1 aliphatic rings. The molecule has 0 bridgehead atoms. The third-order valence-electron chi connectivity index (χ3n) is 5.98. The van der Waals surface area contributed by atoms with Gasteiger partial charge in [-0.25, -0.2) is 8.42 Å². The lowest BCUT2D eigenvalue weighted by Gasteiger charge is -2.36. The van der Waals surface area contributed by atoms with Crippen molar-refractivity contribution in [2.75, 3.05) is 32.8 Å². The van der Waals surface area contributed by atoms with E-state index in [-0.39, 0.29) is 49.3 Å². The quantitative estimate of drug-likeness (QED) is 0.449. The minimum Gasteiger partial charge on any atom is -0.484 e. The van der Waals surface area contributed by atoms with Crippen molar-refractivity contribution in [3.63, 3.8) is 0 Å². The molecule has 200 valence electrons. The number of carbonyl (C=O) groups is 3. The first-order valence-corrected chi connectivity index (χ1v) is 13.7. The largest absolute Gasteiger partial charge is 0.484 e. The highest BCUT2D eigenvalue weighted by Crippen LogP contribution is 2.21. The lowest BCUT2D eigenvalue weighted by molar-refractivity contribution is -0.140. The Bertz CT molecular complexity index is 1400. The molecular weight excluding hydrogens is 534 g/mol. The van der Waals surface area contributed by atoms with E-state index < -0.39 is 27.0 Å². The number of ether oxygens (including phenoxy) is 1. The summed E-state index contributed by atoms with van der Waals surface area (Å²) >= 11 is 5.89. The van der Waals surface area contributed by atoms with Gasteiger partial charge < -0.3 is 24.3 Å². The van der Waals surface area contributed by atoms with Gasteiger partial charge in [-0.15, -0.1) is 0 Å². The third-order valence-corrected chi connectivity index (χ3v) is 8.10. The molecule has 2 heterocycles. The van der Waals surface area contributed by atoms with Crippen LogP contribution in [0.25, 0.3) is 0 Å². The van der Waals surface area contributed by atoms with Gasteiger partial charge in [-0.2, -0.15) is 0 Å². The van der Waals surface area contributed by atoms with Crippen LogP contribution in [-0.4, -0.2) is 74.1 Å². The van der Waals surface area contributed by atoms with E-state index in [1.165, 1.54) is 47.6 Å². The minimum absolute atomic E-state index is 0.0816. The van der Waals surface area contributed by atoms with E-state index in [4.69, 9.17) is 20.8 Å². The van der Waals surface area contributed by atoms with E-state index in [9.17, 15) is 22.8 Å². The molecule has 2 aromatic carbocycles. The van der Waals surface area contributed by atoms with Crippen molar-refractivity contribution < 1.29 is 32.0 Å². The third kappa shape index (κ3) is 6.35. The van der Waals surface area contributed by atoms with E-state index in [0.717, 1.165) is 5.56 Å². The van der Waals surface area contributed by atoms with Crippen LogP contribution in [0.1, 0.15) is 16.1 Å². The maximum Gasteiger partial charge on any atom is 0.288 e. The lowest BCUT2D eigenvalue weighted by Crippen LogP contribution is -2.58. The number of halogens is 1. The second-order valence-corrected chi connectivity index (χ2v) is 11.1. The van der Waals surface area contributed by atoms with Crippen LogP contribution in [0.5, 0.6) is 5.75 Å². The number of amides is 3. The van der Waals surface area contributed by atoms with Crippen LogP contribution in [0.2, 0.25) is 5.02 Å². The first-order valence-electron chi connectivity index (χ1n) is 11.7. The summed E-state index contributed by atoms with van der Waals surface area (Å²) in [5.74, 6) is -1.49. The molecule has 1 aliphatic heterocycles. The molecule has 12 heteroatoms. The summed E-state index contributed by atoms with van der Waals surface area (Å²) < 4.78 is 37.5. The second kappa shape index (κ2) is 11.7. The normalized spacial score (nSPS) is 14.6. The molecule has 3 aromatic rings. The fourth-order valence-corrected chi connectivity index (χ4v) is 5.50. The summed E-state index contributed by atoms with van der Waals surface area (Å²) in [6, 6.07) is 15.5. The average molecular weight is 560 g/mol. The molecule has 1 saturated heterocycles. The molecule has 1 atom stereocenters. The fourth-order valence-electron chi connectivity index (χ4n) is 3.91. The van der Waals surface area contributed by atoms with E-state index >= 15 is 0 Å². The van der Waals surface area contributed by atoms with Crippen LogP contribution in [0, 0.1) is 6.92 Å². The summed E-state index contributed by atoms with van der Waals surface area (Å²) in [6.07, 6.45) is 1.26. The van der Waals surface area contributed by atoms with E-state index in [0.29, 0.717) is 10.8 Å². The van der Waals surface area contributed by atoms with Gasteiger partial charge >= 0.3 is 0 Å². The van der Waals surface area contributed by atoms with Crippen LogP contribution in [0.4, 0.5) is 0 Å². The molecule has 0 radical (unpaired) electrons. The molecule has 1 aromatic heterocycles. The summed E-state index contributed by atoms with van der Waals surface area (Å²) in [4.78, 5) is 41.4. The zero-order chi connectivity index (χ0) is 27.3. The number of carbonyl (C=O) groups excluding carboxylic acids is 3. The van der Waals surface area contributed by atoms with Crippen LogP contribution in [-0.2, 0) is 19.4 Å². The number of benzene rings is 2. The van der Waals surface area contributed by atoms with E-state index in [1.54, 1.807) is 11.0 Å². The van der Waals surface area contributed by atoms with Gasteiger partial charge in [0.25, 0.3) is 17.7 Å². The molecule has 0 saturated carbocycles. The average Bonchev–Trinajstić information content (AvgIpc) is 3.45. The topological polar surface area (TPSA) is 126 Å². The van der Waals surface area contributed by atoms with Crippen molar-refractivity contribution in [1.82, 2.24) is 15.1 Å². The maximum absolute atomic E-state index is 13.5. The highest BCUT2D eigenvalue weighted by molar-refractivity contribution is 7.92. The predicted molar refractivity (Wildman–Crippen MR) is 138 cm³/mol. The van der Waals surface area contributed by atoms with Crippen LogP contribution in [0.3, 0.4) is 0 Å². The van der Waals surface area contributed by atoms with E-state index in [2.05, 4.69) is 5.32 Å². The number of sulfone groups is 1. The fraction of sp³-hybridized carbons (Fsp3) is 0.269. The zero-order valence-corrected chi connectivity index (χ0v) is 22.1.